The fraction of sp³-hybridized carbons (Fsp3) is 0.889. The van der Waals surface area contributed by atoms with E-state index in [1.54, 1.807) is 0 Å². The van der Waals surface area contributed by atoms with E-state index in [1.807, 2.05) is 0 Å². The topological polar surface area (TPSA) is 20.3 Å². The average molecular weight is 234 g/mol. The summed E-state index contributed by atoms with van der Waals surface area (Å²) in [6.07, 6.45) is 1.12. The van der Waals surface area contributed by atoms with Crippen LogP contribution < -0.4 is 0 Å². The Balaban J connectivity index is 2.57. The zero-order valence-corrected chi connectivity index (χ0v) is 9.30. The second-order valence-electron chi connectivity index (χ2n) is 3.60. The summed E-state index contributed by atoms with van der Waals surface area (Å²) in [4.78, 5) is 13.7. The number of hydrogen-bond donors (Lipinski definition) is 0. The van der Waals surface area contributed by atoms with Gasteiger partial charge >= 0.3 is 0 Å². The van der Waals surface area contributed by atoms with E-state index >= 15 is 0 Å². The number of Topliss-reactive ketones (excluding diaryl/α,β-unsaturated/α-hetero) is 1. The van der Waals surface area contributed by atoms with Crippen LogP contribution in [0.4, 0.5) is 0 Å². The summed E-state index contributed by atoms with van der Waals surface area (Å²) < 4.78 is 0. The monoisotopic (exact) mass is 233 g/mol. The Bertz CT molecular complexity index is 172. The van der Waals surface area contributed by atoms with Gasteiger partial charge in [-0.25, -0.2) is 0 Å². The highest BCUT2D eigenvalue weighted by atomic mass is 79.9. The Hall–Kier alpha value is 0.110. The molecule has 0 aromatic carbocycles. The first kappa shape index (κ1) is 10.2. The molecule has 70 valence electrons. The molecule has 0 aromatic heterocycles. The predicted molar refractivity (Wildman–Crippen MR) is 53.6 cm³/mol. The van der Waals surface area contributed by atoms with Gasteiger partial charge in [-0.1, -0.05) is 29.3 Å². The Kier molecular flexibility index (Phi) is 3.72. The zero-order chi connectivity index (χ0) is 9.14. The van der Waals surface area contributed by atoms with Crippen LogP contribution in [0.25, 0.3) is 0 Å². The van der Waals surface area contributed by atoms with Gasteiger partial charge in [0, 0.05) is 19.0 Å². The third-order valence-corrected chi connectivity index (χ3v) is 3.25. The summed E-state index contributed by atoms with van der Waals surface area (Å²) in [6.45, 7) is 4.20. The van der Waals surface area contributed by atoms with E-state index in [0.717, 1.165) is 19.5 Å². The van der Waals surface area contributed by atoms with Crippen molar-refractivity contribution >= 4 is 21.7 Å². The molecule has 0 aromatic rings. The van der Waals surface area contributed by atoms with E-state index in [2.05, 4.69) is 34.8 Å². The molecular formula is C9H16BrNO. The summed E-state index contributed by atoms with van der Waals surface area (Å²) in [7, 11) is 2.09. The van der Waals surface area contributed by atoms with Gasteiger partial charge in [-0.15, -0.1) is 0 Å². The summed E-state index contributed by atoms with van der Waals surface area (Å²) >= 11 is 3.23. The highest BCUT2D eigenvalue weighted by Crippen LogP contribution is 2.26. The maximum atomic E-state index is 11.5. The molecule has 0 N–H and O–H groups in total. The molecule has 0 saturated carbocycles. The van der Waals surface area contributed by atoms with Crippen molar-refractivity contribution in [1.29, 1.82) is 0 Å². The second-order valence-corrected chi connectivity index (χ2v) is 4.16. The SMILES string of the molecule is CC[C@@H]1CN(C)C[C@@H]1C(=O)CBr. The van der Waals surface area contributed by atoms with E-state index in [0.29, 0.717) is 17.0 Å². The van der Waals surface area contributed by atoms with Crippen LogP contribution in [0.3, 0.4) is 0 Å². The molecule has 2 atom stereocenters. The molecule has 12 heavy (non-hydrogen) atoms. The molecule has 0 amide bonds. The summed E-state index contributed by atoms with van der Waals surface area (Å²) in [6, 6.07) is 0. The van der Waals surface area contributed by atoms with Gasteiger partial charge in [-0.3, -0.25) is 4.79 Å². The molecule has 1 heterocycles. The minimum atomic E-state index is 0.277. The number of likely N-dealkylation sites (tertiary alicyclic amines) is 1. The summed E-state index contributed by atoms with van der Waals surface area (Å²) in [5, 5.41) is 0.516. The maximum Gasteiger partial charge on any atom is 0.148 e. The number of rotatable bonds is 3. The maximum absolute atomic E-state index is 11.5. The van der Waals surface area contributed by atoms with E-state index in [-0.39, 0.29) is 5.92 Å². The Morgan fingerprint density at radius 1 is 1.58 bits per heavy atom. The number of nitrogens with zero attached hydrogens (tertiary/aromatic N) is 1. The van der Waals surface area contributed by atoms with Crippen molar-refractivity contribution in [2.75, 3.05) is 25.5 Å². The van der Waals surface area contributed by atoms with Crippen LogP contribution in [0.1, 0.15) is 13.3 Å². The highest BCUT2D eigenvalue weighted by molar-refractivity contribution is 9.09. The quantitative estimate of drug-likeness (QED) is 0.690. The molecule has 0 unspecified atom stereocenters. The van der Waals surface area contributed by atoms with Gasteiger partial charge in [0.2, 0.25) is 0 Å². The normalized spacial score (nSPS) is 30.9. The van der Waals surface area contributed by atoms with Crippen LogP contribution in [0, 0.1) is 11.8 Å². The van der Waals surface area contributed by atoms with Gasteiger partial charge in [0.05, 0.1) is 5.33 Å². The van der Waals surface area contributed by atoms with E-state index < -0.39 is 0 Å². The molecule has 0 spiro atoms. The number of hydrogen-bond acceptors (Lipinski definition) is 2. The number of carbonyl (C=O) groups is 1. The molecule has 1 fully saturated rings. The van der Waals surface area contributed by atoms with Crippen molar-refractivity contribution in [3.63, 3.8) is 0 Å². The molecule has 0 bridgehead atoms. The average Bonchev–Trinajstić information content (AvgIpc) is 2.45. The molecule has 1 aliphatic heterocycles. The lowest BCUT2D eigenvalue weighted by Crippen LogP contribution is -2.23. The summed E-state index contributed by atoms with van der Waals surface area (Å²) in [5.74, 6) is 1.23. The Morgan fingerprint density at radius 2 is 2.25 bits per heavy atom. The minimum Gasteiger partial charge on any atom is -0.305 e. The van der Waals surface area contributed by atoms with Crippen LogP contribution in [0.15, 0.2) is 0 Å². The number of ketones is 1. The van der Waals surface area contributed by atoms with Crippen LogP contribution in [0.2, 0.25) is 0 Å². The zero-order valence-electron chi connectivity index (χ0n) is 7.72. The number of carbonyl (C=O) groups excluding carboxylic acids is 1. The van der Waals surface area contributed by atoms with Crippen molar-refractivity contribution in [1.82, 2.24) is 4.90 Å². The van der Waals surface area contributed by atoms with E-state index in [9.17, 15) is 4.79 Å². The minimum absolute atomic E-state index is 0.277. The van der Waals surface area contributed by atoms with Gasteiger partial charge < -0.3 is 4.90 Å². The van der Waals surface area contributed by atoms with Gasteiger partial charge in [-0.05, 0) is 13.0 Å². The van der Waals surface area contributed by atoms with Crippen molar-refractivity contribution < 1.29 is 4.79 Å². The van der Waals surface area contributed by atoms with Gasteiger partial charge in [-0.2, -0.15) is 0 Å². The van der Waals surface area contributed by atoms with Crippen LogP contribution >= 0.6 is 15.9 Å². The van der Waals surface area contributed by atoms with Gasteiger partial charge in [0.1, 0.15) is 5.78 Å². The van der Waals surface area contributed by atoms with Crippen LogP contribution in [-0.2, 0) is 4.79 Å². The predicted octanol–water partition coefficient (Wildman–Crippen LogP) is 1.54. The fourth-order valence-electron chi connectivity index (χ4n) is 1.96. The Morgan fingerprint density at radius 3 is 2.75 bits per heavy atom. The third kappa shape index (κ3) is 2.07. The number of alkyl halides is 1. The van der Waals surface area contributed by atoms with Crippen molar-refractivity contribution in [3.05, 3.63) is 0 Å². The molecule has 2 nitrogen and oxygen atoms in total. The third-order valence-electron chi connectivity index (χ3n) is 2.69. The molecule has 1 aliphatic rings. The first-order valence-corrected chi connectivity index (χ1v) is 5.58. The molecule has 1 rings (SSSR count). The molecular weight excluding hydrogens is 218 g/mol. The summed E-state index contributed by atoms with van der Waals surface area (Å²) in [5.41, 5.74) is 0. The highest BCUT2D eigenvalue weighted by Gasteiger charge is 2.33. The largest absolute Gasteiger partial charge is 0.305 e. The van der Waals surface area contributed by atoms with Gasteiger partial charge in [0.15, 0.2) is 0 Å². The Labute approximate surface area is 82.4 Å². The molecule has 0 aliphatic carbocycles. The van der Waals surface area contributed by atoms with E-state index in [4.69, 9.17) is 0 Å². The lowest BCUT2D eigenvalue weighted by molar-refractivity contribution is -0.120. The van der Waals surface area contributed by atoms with Crippen LogP contribution in [0.5, 0.6) is 0 Å². The molecule has 0 radical (unpaired) electrons. The lowest BCUT2D eigenvalue weighted by atomic mass is 9.91. The fourth-order valence-corrected chi connectivity index (χ4v) is 2.38. The first-order chi connectivity index (χ1) is 5.69. The van der Waals surface area contributed by atoms with E-state index in [1.165, 1.54) is 0 Å². The smallest absolute Gasteiger partial charge is 0.148 e. The lowest BCUT2D eigenvalue weighted by Gasteiger charge is -2.13. The standard InChI is InChI=1S/C9H16BrNO/c1-3-7-5-11(2)6-8(7)9(12)4-10/h7-8H,3-6H2,1-2H3/t7-,8+/m1/s1. The van der Waals surface area contributed by atoms with Crippen molar-refractivity contribution in [2.45, 2.75) is 13.3 Å². The molecule has 3 heteroatoms. The van der Waals surface area contributed by atoms with Crippen molar-refractivity contribution in [3.8, 4) is 0 Å². The van der Waals surface area contributed by atoms with Gasteiger partial charge in [0.25, 0.3) is 0 Å². The number of halogens is 1. The molecule has 1 saturated heterocycles. The van der Waals surface area contributed by atoms with Crippen molar-refractivity contribution in [2.24, 2.45) is 11.8 Å². The van der Waals surface area contributed by atoms with Crippen LogP contribution in [-0.4, -0.2) is 36.2 Å². The second kappa shape index (κ2) is 4.38. The first-order valence-electron chi connectivity index (χ1n) is 4.46.